The van der Waals surface area contributed by atoms with Gasteiger partial charge in [-0.05, 0) is 68.8 Å². The standard InChI is InChI=1S/C22H31N3O2/c1-2-21(27-19-7-6-17-8-11-23-20(17)16-19)22(26)25-14-9-18(10-15-25)24-12-4-3-5-13-24/h6-8,11,16,18,21,23H,2-5,9-10,12-15H2,1H3. The predicted octanol–water partition coefficient (Wildman–Crippen LogP) is 3.80. The van der Waals surface area contributed by atoms with Crippen LogP contribution in [0.25, 0.3) is 10.9 Å². The summed E-state index contributed by atoms with van der Waals surface area (Å²) in [5, 5.41) is 1.15. The molecule has 1 aromatic heterocycles. The Hall–Kier alpha value is -2.01. The molecule has 5 heteroatoms. The van der Waals surface area contributed by atoms with Crippen LogP contribution in [0.2, 0.25) is 0 Å². The van der Waals surface area contributed by atoms with E-state index in [-0.39, 0.29) is 5.91 Å². The fraction of sp³-hybridized carbons (Fsp3) is 0.591. The van der Waals surface area contributed by atoms with Crippen LogP contribution in [0, 0.1) is 0 Å². The van der Waals surface area contributed by atoms with Crippen molar-refractivity contribution in [2.45, 2.75) is 57.6 Å². The van der Waals surface area contributed by atoms with Gasteiger partial charge in [-0.2, -0.15) is 0 Å². The third-order valence-electron chi connectivity index (χ3n) is 6.13. The van der Waals surface area contributed by atoms with Crippen molar-refractivity contribution in [1.29, 1.82) is 0 Å². The highest BCUT2D eigenvalue weighted by Gasteiger charge is 2.31. The SMILES string of the molecule is CCC(Oc1ccc2cc[nH]c2c1)C(=O)N1CCC(N2CCCCC2)CC1. The van der Waals surface area contributed by atoms with E-state index in [9.17, 15) is 4.79 Å². The Kier molecular flexibility index (Phi) is 5.67. The Morgan fingerprint density at radius 2 is 1.93 bits per heavy atom. The molecule has 3 heterocycles. The van der Waals surface area contributed by atoms with E-state index in [1.54, 1.807) is 0 Å². The van der Waals surface area contributed by atoms with Gasteiger partial charge in [-0.25, -0.2) is 0 Å². The van der Waals surface area contributed by atoms with E-state index < -0.39 is 6.10 Å². The molecule has 0 bridgehead atoms. The number of aromatic amines is 1. The molecule has 1 unspecified atom stereocenters. The number of hydrogen-bond acceptors (Lipinski definition) is 3. The van der Waals surface area contributed by atoms with Crippen LogP contribution in [-0.2, 0) is 4.79 Å². The van der Waals surface area contributed by atoms with Crippen molar-refractivity contribution in [3.05, 3.63) is 30.5 Å². The van der Waals surface area contributed by atoms with E-state index >= 15 is 0 Å². The molecule has 2 aliphatic rings. The zero-order valence-corrected chi connectivity index (χ0v) is 16.3. The zero-order chi connectivity index (χ0) is 18.6. The van der Waals surface area contributed by atoms with Gasteiger partial charge in [0.2, 0.25) is 0 Å². The second kappa shape index (κ2) is 8.34. The highest BCUT2D eigenvalue weighted by Crippen LogP contribution is 2.24. The van der Waals surface area contributed by atoms with Crippen molar-refractivity contribution < 1.29 is 9.53 Å². The van der Waals surface area contributed by atoms with Gasteiger partial charge in [0.15, 0.2) is 6.10 Å². The Labute approximate surface area is 161 Å². The lowest BCUT2D eigenvalue weighted by molar-refractivity contribution is -0.140. The van der Waals surface area contributed by atoms with E-state index in [0.717, 1.165) is 42.6 Å². The van der Waals surface area contributed by atoms with Gasteiger partial charge in [0.25, 0.3) is 5.91 Å². The molecule has 1 atom stereocenters. The van der Waals surface area contributed by atoms with Gasteiger partial charge in [0.1, 0.15) is 5.75 Å². The summed E-state index contributed by atoms with van der Waals surface area (Å²) in [6.07, 6.45) is 8.43. The fourth-order valence-corrected chi connectivity index (χ4v) is 4.51. The second-order valence-electron chi connectivity index (χ2n) is 7.89. The van der Waals surface area contributed by atoms with E-state index in [1.807, 2.05) is 42.3 Å². The summed E-state index contributed by atoms with van der Waals surface area (Å²) in [4.78, 5) is 20.9. The topological polar surface area (TPSA) is 48.6 Å². The molecule has 2 aromatic rings. The van der Waals surface area contributed by atoms with Crippen LogP contribution in [0.15, 0.2) is 30.5 Å². The van der Waals surface area contributed by atoms with Crippen LogP contribution in [0.5, 0.6) is 5.75 Å². The summed E-state index contributed by atoms with van der Waals surface area (Å²) in [5.74, 6) is 0.898. The lowest BCUT2D eigenvalue weighted by Gasteiger charge is -2.40. The number of piperidine rings is 2. The van der Waals surface area contributed by atoms with Crippen molar-refractivity contribution in [2.24, 2.45) is 0 Å². The highest BCUT2D eigenvalue weighted by molar-refractivity contribution is 5.82. The number of amides is 1. The molecule has 2 saturated heterocycles. The average molecular weight is 370 g/mol. The summed E-state index contributed by atoms with van der Waals surface area (Å²) in [6, 6.07) is 8.66. The second-order valence-corrected chi connectivity index (χ2v) is 7.89. The minimum Gasteiger partial charge on any atom is -0.481 e. The van der Waals surface area contributed by atoms with Crippen LogP contribution < -0.4 is 4.74 Å². The average Bonchev–Trinajstić information content (AvgIpc) is 3.20. The van der Waals surface area contributed by atoms with Crippen LogP contribution in [-0.4, -0.2) is 59.0 Å². The Morgan fingerprint density at radius 3 is 2.67 bits per heavy atom. The smallest absolute Gasteiger partial charge is 0.263 e. The molecule has 4 rings (SSSR count). The number of ether oxygens (including phenoxy) is 1. The Morgan fingerprint density at radius 1 is 1.15 bits per heavy atom. The summed E-state index contributed by atoms with van der Waals surface area (Å²) in [7, 11) is 0. The molecule has 0 aliphatic carbocycles. The molecule has 1 amide bonds. The van der Waals surface area contributed by atoms with E-state index in [2.05, 4.69) is 9.88 Å². The molecule has 2 aliphatic heterocycles. The highest BCUT2D eigenvalue weighted by atomic mass is 16.5. The summed E-state index contributed by atoms with van der Waals surface area (Å²) in [6.45, 7) is 6.21. The number of fused-ring (bicyclic) bond motifs is 1. The maximum Gasteiger partial charge on any atom is 0.263 e. The van der Waals surface area contributed by atoms with Crippen molar-refractivity contribution in [3.8, 4) is 5.75 Å². The maximum absolute atomic E-state index is 13.0. The van der Waals surface area contributed by atoms with Crippen molar-refractivity contribution >= 4 is 16.8 Å². The van der Waals surface area contributed by atoms with Gasteiger partial charge in [-0.15, -0.1) is 0 Å². The number of carbonyl (C=O) groups excluding carboxylic acids is 1. The molecule has 1 N–H and O–H groups in total. The van der Waals surface area contributed by atoms with Crippen molar-refractivity contribution in [3.63, 3.8) is 0 Å². The lowest BCUT2D eigenvalue weighted by atomic mass is 9.99. The van der Waals surface area contributed by atoms with Gasteiger partial charge in [-0.3, -0.25) is 4.79 Å². The molecule has 0 radical (unpaired) electrons. The molecule has 2 fully saturated rings. The third-order valence-corrected chi connectivity index (χ3v) is 6.13. The maximum atomic E-state index is 13.0. The summed E-state index contributed by atoms with van der Waals surface area (Å²) in [5.41, 5.74) is 1.04. The number of nitrogens with one attached hydrogen (secondary N) is 1. The number of H-pyrrole nitrogens is 1. The number of likely N-dealkylation sites (tertiary alicyclic amines) is 2. The number of rotatable bonds is 5. The van der Waals surface area contributed by atoms with Crippen molar-refractivity contribution in [2.75, 3.05) is 26.2 Å². The quantitative estimate of drug-likeness (QED) is 0.872. The van der Waals surface area contributed by atoms with Crippen LogP contribution >= 0.6 is 0 Å². The first kappa shape index (κ1) is 18.4. The van der Waals surface area contributed by atoms with Crippen LogP contribution in [0.1, 0.15) is 45.4 Å². The Bertz CT molecular complexity index is 758. The molecule has 0 spiro atoms. The van der Waals surface area contributed by atoms with Crippen LogP contribution in [0.3, 0.4) is 0 Å². The van der Waals surface area contributed by atoms with Gasteiger partial charge >= 0.3 is 0 Å². The number of carbonyl (C=O) groups is 1. The predicted molar refractivity (Wildman–Crippen MR) is 108 cm³/mol. The number of benzene rings is 1. The monoisotopic (exact) mass is 369 g/mol. The molecule has 27 heavy (non-hydrogen) atoms. The van der Waals surface area contributed by atoms with Crippen LogP contribution in [0.4, 0.5) is 0 Å². The largest absolute Gasteiger partial charge is 0.481 e. The first-order valence-electron chi connectivity index (χ1n) is 10.5. The summed E-state index contributed by atoms with van der Waals surface area (Å²) < 4.78 is 6.08. The van der Waals surface area contributed by atoms with Gasteiger partial charge in [0.05, 0.1) is 0 Å². The fourth-order valence-electron chi connectivity index (χ4n) is 4.51. The van der Waals surface area contributed by atoms with E-state index in [0.29, 0.717) is 12.5 Å². The molecular formula is C22H31N3O2. The Balaban J connectivity index is 1.34. The first-order valence-corrected chi connectivity index (χ1v) is 10.5. The van der Waals surface area contributed by atoms with Crippen molar-refractivity contribution in [1.82, 2.24) is 14.8 Å². The summed E-state index contributed by atoms with van der Waals surface area (Å²) >= 11 is 0. The minimum atomic E-state index is -0.399. The number of hydrogen-bond donors (Lipinski definition) is 1. The minimum absolute atomic E-state index is 0.140. The molecule has 0 saturated carbocycles. The first-order chi connectivity index (χ1) is 13.2. The molecule has 5 nitrogen and oxygen atoms in total. The van der Waals surface area contributed by atoms with E-state index in [1.165, 1.54) is 32.4 Å². The van der Waals surface area contributed by atoms with Gasteiger partial charge in [0, 0.05) is 36.9 Å². The van der Waals surface area contributed by atoms with Gasteiger partial charge < -0.3 is 19.5 Å². The molecular weight excluding hydrogens is 338 g/mol. The lowest BCUT2D eigenvalue weighted by Crippen LogP contribution is -2.51. The molecule has 1 aromatic carbocycles. The number of aromatic nitrogens is 1. The van der Waals surface area contributed by atoms with Gasteiger partial charge in [-0.1, -0.05) is 13.3 Å². The van der Waals surface area contributed by atoms with E-state index in [4.69, 9.17) is 4.74 Å². The molecule has 146 valence electrons. The normalized spacial score (nSPS) is 20.7. The zero-order valence-electron chi connectivity index (χ0n) is 16.3. The number of nitrogens with zero attached hydrogens (tertiary/aromatic N) is 2. The third kappa shape index (κ3) is 4.13.